The molecule has 0 saturated carbocycles. The van der Waals surface area contributed by atoms with Gasteiger partial charge in [-0.2, -0.15) is 0 Å². The van der Waals surface area contributed by atoms with Crippen LogP contribution in [0.15, 0.2) is 60.8 Å². The fraction of sp³-hybridized carbons (Fsp3) is 0.789. The molecule has 0 aromatic rings. The second kappa shape index (κ2) is 52.9. The van der Waals surface area contributed by atoms with Gasteiger partial charge in [0, 0.05) is 19.4 Å². The molecule has 0 N–H and O–H groups in total. The van der Waals surface area contributed by atoms with Crippen LogP contribution in [0.1, 0.15) is 265 Å². The van der Waals surface area contributed by atoms with Gasteiger partial charge in [0.15, 0.2) is 6.10 Å². The van der Waals surface area contributed by atoms with Crippen LogP contribution in [0, 0.1) is 0 Å². The molecule has 1 atom stereocenters. The van der Waals surface area contributed by atoms with E-state index in [1.165, 1.54) is 161 Å². The lowest BCUT2D eigenvalue weighted by Crippen LogP contribution is -2.30. The number of allylic oxidation sites excluding steroid dienone is 10. The van der Waals surface area contributed by atoms with E-state index in [1.54, 1.807) is 0 Å². The van der Waals surface area contributed by atoms with Gasteiger partial charge in [0.2, 0.25) is 0 Å². The molecule has 0 aliphatic carbocycles. The highest BCUT2D eigenvalue weighted by atomic mass is 16.6. The number of hydrogen-bond donors (Lipinski definition) is 0. The van der Waals surface area contributed by atoms with Crippen molar-refractivity contribution in [2.24, 2.45) is 0 Å². The fourth-order valence-electron chi connectivity index (χ4n) is 7.50. The molecule has 0 spiro atoms. The summed E-state index contributed by atoms with van der Waals surface area (Å²) in [6.45, 7) is 7.73. The van der Waals surface area contributed by atoms with E-state index in [2.05, 4.69) is 81.5 Å². The molecule has 0 aliphatic rings. The minimum Gasteiger partial charge on any atom is -0.462 e. The summed E-state index contributed by atoms with van der Waals surface area (Å²) in [7, 11) is 0. The van der Waals surface area contributed by atoms with Gasteiger partial charge in [-0.05, 0) is 83.5 Å². The van der Waals surface area contributed by atoms with Crippen LogP contribution in [0.4, 0.5) is 0 Å². The second-order valence-corrected chi connectivity index (χ2v) is 17.8. The van der Waals surface area contributed by atoms with Crippen LogP contribution in [0.5, 0.6) is 0 Å². The molecule has 0 heterocycles. The topological polar surface area (TPSA) is 61.8 Å². The minimum atomic E-state index is -0.545. The lowest BCUT2D eigenvalue weighted by atomic mass is 10.0. The second-order valence-electron chi connectivity index (χ2n) is 17.8. The van der Waals surface area contributed by atoms with Crippen LogP contribution in [-0.2, 0) is 23.8 Å². The molecular weight excluding hydrogens is 765 g/mol. The molecule has 0 rings (SSSR count). The quantitative estimate of drug-likeness (QED) is 0.0346. The normalized spacial score (nSPS) is 12.6. The van der Waals surface area contributed by atoms with Crippen molar-refractivity contribution in [3.05, 3.63) is 60.8 Å². The van der Waals surface area contributed by atoms with Crippen LogP contribution < -0.4 is 0 Å². The molecule has 5 nitrogen and oxygen atoms in total. The Morgan fingerprint density at radius 1 is 0.355 bits per heavy atom. The Hall–Kier alpha value is -2.40. The summed E-state index contributed by atoms with van der Waals surface area (Å²) in [5.74, 6) is -0.411. The van der Waals surface area contributed by atoms with E-state index in [1.807, 2.05) is 0 Å². The van der Waals surface area contributed by atoms with E-state index in [4.69, 9.17) is 14.2 Å². The summed E-state index contributed by atoms with van der Waals surface area (Å²) in [6, 6.07) is 0. The average molecular weight is 867 g/mol. The third-order valence-electron chi connectivity index (χ3n) is 11.5. The zero-order valence-electron chi connectivity index (χ0n) is 41.4. The van der Waals surface area contributed by atoms with Crippen LogP contribution in [0.25, 0.3) is 0 Å². The van der Waals surface area contributed by atoms with E-state index >= 15 is 0 Å². The Morgan fingerprint density at radius 3 is 1.18 bits per heavy atom. The van der Waals surface area contributed by atoms with Gasteiger partial charge in [-0.1, -0.05) is 229 Å². The molecule has 0 amide bonds. The predicted molar refractivity (Wildman–Crippen MR) is 270 cm³/mol. The Bertz CT molecular complexity index is 1070. The van der Waals surface area contributed by atoms with E-state index in [-0.39, 0.29) is 25.2 Å². The molecule has 1 unspecified atom stereocenters. The van der Waals surface area contributed by atoms with Crippen LogP contribution in [-0.4, -0.2) is 37.9 Å². The van der Waals surface area contributed by atoms with Crippen LogP contribution in [0.2, 0.25) is 0 Å². The summed E-state index contributed by atoms with van der Waals surface area (Å²) in [5.41, 5.74) is 0. The molecule has 0 radical (unpaired) electrons. The Balaban J connectivity index is 4.26. The first-order valence-corrected chi connectivity index (χ1v) is 26.8. The summed E-state index contributed by atoms with van der Waals surface area (Å²) in [5, 5.41) is 0. The average Bonchev–Trinajstić information content (AvgIpc) is 3.27. The Kier molecular flexibility index (Phi) is 50.9. The SMILES string of the molecule is CCC/C=C\C/C=C\CCCCCCCC(=O)OCC(COCCCCCCCCC/C=C\C/C=C\C/C=C\CCCCC)OC(=O)CCCCCCCCCCCCCCC. The molecule has 0 aromatic heterocycles. The molecular formula is C57H102O5. The molecule has 0 bridgehead atoms. The van der Waals surface area contributed by atoms with Crippen molar-refractivity contribution >= 4 is 11.9 Å². The van der Waals surface area contributed by atoms with Crippen molar-refractivity contribution in [1.82, 2.24) is 0 Å². The number of carbonyl (C=O) groups excluding carboxylic acids is 2. The van der Waals surface area contributed by atoms with Crippen LogP contribution in [0.3, 0.4) is 0 Å². The number of ether oxygens (including phenoxy) is 3. The Morgan fingerprint density at radius 2 is 0.710 bits per heavy atom. The van der Waals surface area contributed by atoms with Gasteiger partial charge in [0.1, 0.15) is 6.61 Å². The van der Waals surface area contributed by atoms with Gasteiger partial charge in [-0.3, -0.25) is 9.59 Å². The summed E-state index contributed by atoms with van der Waals surface area (Å²) >= 11 is 0. The number of hydrogen-bond acceptors (Lipinski definition) is 5. The first-order valence-electron chi connectivity index (χ1n) is 26.8. The fourth-order valence-corrected chi connectivity index (χ4v) is 7.50. The standard InChI is InChI=1S/C57H102O5/c1-4-7-10-13-16-19-22-25-26-27-28-29-30-31-34-37-40-43-46-49-52-60-53-55(62-57(59)51-48-45-42-39-36-33-24-21-18-15-12-9-6-3)54-61-56(58)50-47-44-41-38-35-32-23-20-17-14-11-8-5-2/h11,14,16,19-20,23,25-26,28-29,55H,4-10,12-13,15,17-18,21-22,24,27,30-54H2,1-3H3/b14-11-,19-16-,23-20-,26-25-,29-28-. The van der Waals surface area contributed by atoms with Crippen molar-refractivity contribution in [1.29, 1.82) is 0 Å². The number of rotatable bonds is 49. The molecule has 0 aliphatic heterocycles. The van der Waals surface area contributed by atoms with E-state index in [0.29, 0.717) is 19.4 Å². The first kappa shape index (κ1) is 59.6. The predicted octanol–water partition coefficient (Wildman–Crippen LogP) is 18.1. The van der Waals surface area contributed by atoms with E-state index < -0.39 is 6.10 Å². The Labute approximate surface area is 385 Å². The monoisotopic (exact) mass is 867 g/mol. The van der Waals surface area contributed by atoms with Gasteiger partial charge >= 0.3 is 11.9 Å². The van der Waals surface area contributed by atoms with Gasteiger partial charge in [-0.25, -0.2) is 0 Å². The molecule has 0 saturated heterocycles. The first-order chi connectivity index (χ1) is 30.6. The van der Waals surface area contributed by atoms with Crippen molar-refractivity contribution in [3.8, 4) is 0 Å². The van der Waals surface area contributed by atoms with Crippen molar-refractivity contribution in [3.63, 3.8) is 0 Å². The maximum atomic E-state index is 12.8. The summed E-state index contributed by atoms with van der Waals surface area (Å²) in [6.07, 6.45) is 66.6. The van der Waals surface area contributed by atoms with Gasteiger partial charge < -0.3 is 14.2 Å². The molecule has 0 fully saturated rings. The van der Waals surface area contributed by atoms with Gasteiger partial charge in [0.05, 0.1) is 6.61 Å². The van der Waals surface area contributed by atoms with E-state index in [9.17, 15) is 9.59 Å². The van der Waals surface area contributed by atoms with Crippen molar-refractivity contribution in [2.45, 2.75) is 271 Å². The molecule has 360 valence electrons. The summed E-state index contributed by atoms with van der Waals surface area (Å²) in [4.78, 5) is 25.4. The molecule has 5 heteroatoms. The summed E-state index contributed by atoms with van der Waals surface area (Å²) < 4.78 is 17.4. The number of esters is 2. The lowest BCUT2D eigenvalue weighted by Gasteiger charge is -2.18. The third-order valence-corrected chi connectivity index (χ3v) is 11.5. The largest absolute Gasteiger partial charge is 0.462 e. The third kappa shape index (κ3) is 50.2. The highest BCUT2D eigenvalue weighted by Gasteiger charge is 2.17. The zero-order valence-corrected chi connectivity index (χ0v) is 41.4. The lowest BCUT2D eigenvalue weighted by molar-refractivity contribution is -0.163. The maximum absolute atomic E-state index is 12.8. The van der Waals surface area contributed by atoms with Crippen molar-refractivity contribution in [2.75, 3.05) is 19.8 Å². The van der Waals surface area contributed by atoms with E-state index in [0.717, 1.165) is 70.6 Å². The minimum absolute atomic E-state index is 0.0753. The highest BCUT2D eigenvalue weighted by Crippen LogP contribution is 2.15. The highest BCUT2D eigenvalue weighted by molar-refractivity contribution is 5.70. The zero-order chi connectivity index (χ0) is 44.9. The maximum Gasteiger partial charge on any atom is 0.306 e. The van der Waals surface area contributed by atoms with Crippen molar-refractivity contribution < 1.29 is 23.8 Å². The van der Waals surface area contributed by atoms with Gasteiger partial charge in [-0.15, -0.1) is 0 Å². The van der Waals surface area contributed by atoms with Gasteiger partial charge in [0.25, 0.3) is 0 Å². The molecule has 62 heavy (non-hydrogen) atoms. The molecule has 0 aromatic carbocycles. The number of carbonyl (C=O) groups is 2. The number of unbranched alkanes of at least 4 members (excludes halogenated alkanes) is 28. The van der Waals surface area contributed by atoms with Crippen LogP contribution >= 0.6 is 0 Å². The smallest absolute Gasteiger partial charge is 0.306 e.